The highest BCUT2D eigenvalue weighted by atomic mass is 16.5. The van der Waals surface area contributed by atoms with E-state index in [1.165, 1.54) is 0 Å². The van der Waals surface area contributed by atoms with Gasteiger partial charge >= 0.3 is 5.97 Å². The largest absolute Gasteiger partial charge is 0.466 e. The molecule has 5 nitrogen and oxygen atoms in total. The molecule has 0 spiro atoms. The van der Waals surface area contributed by atoms with Gasteiger partial charge in [0, 0.05) is 23.9 Å². The smallest absolute Gasteiger partial charge is 0.310 e. The maximum absolute atomic E-state index is 12.0. The van der Waals surface area contributed by atoms with Gasteiger partial charge in [-0.15, -0.1) is 5.10 Å². The minimum absolute atomic E-state index is 0.0699. The number of esters is 1. The van der Waals surface area contributed by atoms with Crippen molar-refractivity contribution >= 4 is 22.6 Å². The summed E-state index contributed by atoms with van der Waals surface area (Å²) >= 11 is 0. The van der Waals surface area contributed by atoms with E-state index in [0.717, 1.165) is 36.0 Å². The summed E-state index contributed by atoms with van der Waals surface area (Å²) in [6.45, 7) is 3.83. The standard InChI is InChI=1S/C16H19N3O2/c1-2-21-16(20)13-7-5-9-19(11-13)15-14-8-4-3-6-12(14)10-17-18-15/h3-4,6,8,10,13H,2,5,7,9,11H2,1H3. The maximum Gasteiger partial charge on any atom is 0.310 e. The normalized spacial score (nSPS) is 18.7. The van der Waals surface area contributed by atoms with E-state index in [2.05, 4.69) is 15.1 Å². The average molecular weight is 285 g/mol. The maximum atomic E-state index is 12.0. The molecule has 2 aromatic rings. The van der Waals surface area contributed by atoms with Crippen molar-refractivity contribution in [2.75, 3.05) is 24.6 Å². The third-order valence-corrected chi connectivity index (χ3v) is 3.89. The van der Waals surface area contributed by atoms with E-state index < -0.39 is 0 Å². The molecule has 1 saturated heterocycles. The number of carbonyl (C=O) groups excluding carboxylic acids is 1. The van der Waals surface area contributed by atoms with E-state index in [0.29, 0.717) is 13.2 Å². The van der Waals surface area contributed by atoms with Crippen molar-refractivity contribution in [1.29, 1.82) is 0 Å². The van der Waals surface area contributed by atoms with E-state index in [1.807, 2.05) is 31.2 Å². The van der Waals surface area contributed by atoms with Crippen molar-refractivity contribution in [1.82, 2.24) is 10.2 Å². The van der Waals surface area contributed by atoms with Crippen LogP contribution in [0.5, 0.6) is 0 Å². The Balaban J connectivity index is 1.87. The first kappa shape index (κ1) is 13.8. The second kappa shape index (κ2) is 6.08. The molecule has 2 heterocycles. The SMILES string of the molecule is CCOC(=O)C1CCCN(c2nncc3ccccc23)C1. The molecule has 0 radical (unpaired) electrons. The van der Waals surface area contributed by atoms with Gasteiger partial charge in [0.1, 0.15) is 0 Å². The van der Waals surface area contributed by atoms with E-state index >= 15 is 0 Å². The Morgan fingerprint density at radius 1 is 1.43 bits per heavy atom. The van der Waals surface area contributed by atoms with Gasteiger partial charge < -0.3 is 9.64 Å². The zero-order chi connectivity index (χ0) is 14.7. The number of nitrogens with zero attached hydrogens (tertiary/aromatic N) is 3. The molecule has 5 heteroatoms. The van der Waals surface area contributed by atoms with Crippen LogP contribution in [-0.4, -0.2) is 35.9 Å². The molecule has 110 valence electrons. The molecule has 1 aromatic heterocycles. The van der Waals surface area contributed by atoms with Crippen LogP contribution in [0.3, 0.4) is 0 Å². The summed E-state index contributed by atoms with van der Waals surface area (Å²) in [5.74, 6) is 0.692. The van der Waals surface area contributed by atoms with Crippen molar-refractivity contribution < 1.29 is 9.53 Å². The number of ether oxygens (including phenoxy) is 1. The van der Waals surface area contributed by atoms with Gasteiger partial charge in [0.05, 0.1) is 18.7 Å². The Labute approximate surface area is 123 Å². The number of aromatic nitrogens is 2. The summed E-state index contributed by atoms with van der Waals surface area (Å²) in [5.41, 5.74) is 0. The van der Waals surface area contributed by atoms with Crippen molar-refractivity contribution in [3.63, 3.8) is 0 Å². The summed E-state index contributed by atoms with van der Waals surface area (Å²) in [4.78, 5) is 14.1. The molecule has 0 bridgehead atoms. The Hall–Kier alpha value is -2.17. The lowest BCUT2D eigenvalue weighted by Gasteiger charge is -2.32. The third kappa shape index (κ3) is 2.82. The molecule has 1 atom stereocenters. The summed E-state index contributed by atoms with van der Waals surface area (Å²) in [6.07, 6.45) is 3.62. The van der Waals surface area contributed by atoms with Gasteiger partial charge in [-0.25, -0.2) is 0 Å². The fourth-order valence-corrected chi connectivity index (χ4v) is 2.87. The Kier molecular flexibility index (Phi) is 3.99. The number of anilines is 1. The lowest BCUT2D eigenvalue weighted by Crippen LogP contribution is -2.40. The predicted molar refractivity (Wildman–Crippen MR) is 81.1 cm³/mol. The summed E-state index contributed by atoms with van der Waals surface area (Å²) < 4.78 is 5.15. The average Bonchev–Trinajstić information content (AvgIpc) is 2.55. The highest BCUT2D eigenvalue weighted by Gasteiger charge is 2.28. The molecule has 1 aromatic carbocycles. The Morgan fingerprint density at radius 3 is 3.14 bits per heavy atom. The first-order valence-corrected chi connectivity index (χ1v) is 7.41. The monoisotopic (exact) mass is 285 g/mol. The third-order valence-electron chi connectivity index (χ3n) is 3.89. The molecule has 1 fully saturated rings. The summed E-state index contributed by atoms with van der Waals surface area (Å²) in [5, 5.41) is 10.5. The van der Waals surface area contributed by atoms with Gasteiger partial charge in [-0.05, 0) is 19.8 Å². The molecule has 0 aliphatic carbocycles. The highest BCUT2D eigenvalue weighted by Crippen LogP contribution is 2.27. The van der Waals surface area contributed by atoms with Crippen LogP contribution in [0.2, 0.25) is 0 Å². The summed E-state index contributed by atoms with van der Waals surface area (Å²) in [6, 6.07) is 8.07. The van der Waals surface area contributed by atoms with Gasteiger partial charge in [-0.3, -0.25) is 4.79 Å². The lowest BCUT2D eigenvalue weighted by atomic mass is 9.98. The van der Waals surface area contributed by atoms with E-state index in [-0.39, 0.29) is 11.9 Å². The van der Waals surface area contributed by atoms with Gasteiger partial charge in [0.15, 0.2) is 5.82 Å². The second-order valence-electron chi connectivity index (χ2n) is 5.29. The van der Waals surface area contributed by atoms with E-state index in [1.54, 1.807) is 6.20 Å². The lowest BCUT2D eigenvalue weighted by molar-refractivity contribution is -0.148. The minimum Gasteiger partial charge on any atom is -0.466 e. The summed E-state index contributed by atoms with van der Waals surface area (Å²) in [7, 11) is 0. The zero-order valence-corrected chi connectivity index (χ0v) is 12.2. The van der Waals surface area contributed by atoms with Gasteiger partial charge in [-0.2, -0.15) is 5.10 Å². The molecular formula is C16H19N3O2. The van der Waals surface area contributed by atoms with Gasteiger partial charge in [0.25, 0.3) is 0 Å². The molecule has 0 N–H and O–H groups in total. The van der Waals surface area contributed by atoms with Crippen molar-refractivity contribution in [2.45, 2.75) is 19.8 Å². The number of hydrogen-bond acceptors (Lipinski definition) is 5. The number of piperidine rings is 1. The second-order valence-corrected chi connectivity index (χ2v) is 5.29. The quantitative estimate of drug-likeness (QED) is 0.811. The number of carbonyl (C=O) groups is 1. The fourth-order valence-electron chi connectivity index (χ4n) is 2.87. The van der Waals surface area contributed by atoms with E-state index in [4.69, 9.17) is 4.74 Å². The molecule has 0 amide bonds. The fraction of sp³-hybridized carbons (Fsp3) is 0.438. The highest BCUT2D eigenvalue weighted by molar-refractivity contribution is 5.91. The first-order chi connectivity index (χ1) is 10.3. The van der Waals surface area contributed by atoms with Crippen LogP contribution in [0.4, 0.5) is 5.82 Å². The molecule has 1 aliphatic heterocycles. The van der Waals surface area contributed by atoms with Crippen LogP contribution in [0.1, 0.15) is 19.8 Å². The number of hydrogen-bond donors (Lipinski definition) is 0. The topological polar surface area (TPSA) is 55.3 Å². The van der Waals surface area contributed by atoms with Gasteiger partial charge in [0.2, 0.25) is 0 Å². The first-order valence-electron chi connectivity index (χ1n) is 7.41. The van der Waals surface area contributed by atoms with Crippen molar-refractivity contribution in [2.24, 2.45) is 5.92 Å². The Morgan fingerprint density at radius 2 is 2.29 bits per heavy atom. The Bertz CT molecular complexity index is 639. The van der Waals surface area contributed by atoms with Crippen LogP contribution >= 0.6 is 0 Å². The molecule has 3 rings (SSSR count). The van der Waals surface area contributed by atoms with Crippen LogP contribution < -0.4 is 4.90 Å². The number of rotatable bonds is 3. The zero-order valence-electron chi connectivity index (χ0n) is 12.2. The van der Waals surface area contributed by atoms with Crippen LogP contribution in [-0.2, 0) is 9.53 Å². The number of benzene rings is 1. The van der Waals surface area contributed by atoms with Crippen LogP contribution in [0.15, 0.2) is 30.5 Å². The number of fused-ring (bicyclic) bond motifs is 1. The molecular weight excluding hydrogens is 266 g/mol. The van der Waals surface area contributed by atoms with Gasteiger partial charge in [-0.1, -0.05) is 24.3 Å². The minimum atomic E-state index is -0.101. The van der Waals surface area contributed by atoms with Crippen LogP contribution in [0, 0.1) is 5.92 Å². The molecule has 1 unspecified atom stereocenters. The molecule has 21 heavy (non-hydrogen) atoms. The van der Waals surface area contributed by atoms with E-state index in [9.17, 15) is 4.79 Å². The van der Waals surface area contributed by atoms with Crippen molar-refractivity contribution in [3.05, 3.63) is 30.5 Å². The van der Waals surface area contributed by atoms with Crippen molar-refractivity contribution in [3.8, 4) is 0 Å². The molecule has 0 saturated carbocycles. The van der Waals surface area contributed by atoms with Crippen LogP contribution in [0.25, 0.3) is 10.8 Å². The predicted octanol–water partition coefficient (Wildman–Crippen LogP) is 2.41. The molecule has 1 aliphatic rings.